The quantitative estimate of drug-likeness (QED) is 0.506. The number of aromatic hydroxyl groups is 1. The molecule has 0 bridgehead atoms. The summed E-state index contributed by atoms with van der Waals surface area (Å²) in [6, 6.07) is 7.66. The summed E-state index contributed by atoms with van der Waals surface area (Å²) in [6.07, 6.45) is 0. The number of hydrogen-bond acceptors (Lipinski definition) is 4. The van der Waals surface area contributed by atoms with Crippen LogP contribution in [0.4, 0.5) is 5.69 Å². The molecule has 0 fully saturated rings. The van der Waals surface area contributed by atoms with Crippen molar-refractivity contribution in [1.82, 2.24) is 9.88 Å². The summed E-state index contributed by atoms with van der Waals surface area (Å²) >= 11 is 5.05. The van der Waals surface area contributed by atoms with E-state index in [0.717, 1.165) is 10.9 Å². The van der Waals surface area contributed by atoms with Crippen molar-refractivity contribution in [3.05, 3.63) is 24.3 Å². The van der Waals surface area contributed by atoms with Crippen LogP contribution in [0, 0.1) is 0 Å². The Labute approximate surface area is 128 Å². The molecule has 7 heteroatoms. The molecular formula is C14H18N4O2S. The minimum Gasteiger partial charge on any atom is -0.493 e. The Morgan fingerprint density at radius 2 is 2.19 bits per heavy atom. The van der Waals surface area contributed by atoms with Gasteiger partial charge in [-0.25, -0.2) is 0 Å². The monoisotopic (exact) mass is 306 g/mol. The van der Waals surface area contributed by atoms with Crippen LogP contribution in [0.1, 0.15) is 6.92 Å². The molecule has 1 aromatic heterocycles. The Hall–Kier alpha value is -1.99. The van der Waals surface area contributed by atoms with E-state index in [9.17, 15) is 5.11 Å². The summed E-state index contributed by atoms with van der Waals surface area (Å²) in [7, 11) is 1.61. The van der Waals surface area contributed by atoms with Crippen molar-refractivity contribution in [1.29, 1.82) is 0 Å². The third-order valence-electron chi connectivity index (χ3n) is 3.06. The molecule has 0 aliphatic carbocycles. The molecule has 0 aliphatic rings. The van der Waals surface area contributed by atoms with Crippen LogP contribution in [0.25, 0.3) is 10.9 Å². The van der Waals surface area contributed by atoms with Crippen LogP contribution in [0.2, 0.25) is 0 Å². The molecule has 112 valence electrons. The fourth-order valence-electron chi connectivity index (χ4n) is 2.08. The van der Waals surface area contributed by atoms with Gasteiger partial charge < -0.3 is 19.7 Å². The number of methoxy groups -OCH3 is 1. The Kier molecular flexibility index (Phi) is 5.24. The van der Waals surface area contributed by atoms with Gasteiger partial charge in [0.2, 0.25) is 11.0 Å². The number of aryl methyl sites for hydroxylation is 1. The van der Waals surface area contributed by atoms with Crippen LogP contribution in [-0.4, -0.2) is 35.0 Å². The highest BCUT2D eigenvalue weighted by atomic mass is 32.1. The number of thiocarbonyl (C=S) groups is 1. The number of fused-ring (bicyclic) bond motifs is 1. The number of para-hydroxylation sites is 1. The zero-order valence-electron chi connectivity index (χ0n) is 12.0. The van der Waals surface area contributed by atoms with E-state index in [1.165, 1.54) is 0 Å². The average molecular weight is 306 g/mol. The third-order valence-corrected chi connectivity index (χ3v) is 3.28. The predicted octanol–water partition coefficient (Wildman–Crippen LogP) is 2.97. The predicted molar refractivity (Wildman–Crippen MR) is 86.3 cm³/mol. The van der Waals surface area contributed by atoms with Crippen molar-refractivity contribution in [3.8, 4) is 5.88 Å². The first kappa shape index (κ1) is 15.4. The lowest BCUT2D eigenvalue weighted by atomic mass is 10.2. The molecule has 2 N–H and O–H groups in total. The van der Waals surface area contributed by atoms with Gasteiger partial charge in [-0.3, -0.25) is 0 Å². The summed E-state index contributed by atoms with van der Waals surface area (Å²) in [6.45, 7) is 3.72. The standard InChI is InChI=1S/C14H18N4O2S/c1-3-18-11-7-5-4-6-10(11)12(13(18)19)16-17-14(21)15-8-9-20-2/h4-7,19H,3,8-9H2,1-2H3,(H,15,21). The highest BCUT2D eigenvalue weighted by Crippen LogP contribution is 2.38. The maximum Gasteiger partial charge on any atom is 0.220 e. The van der Waals surface area contributed by atoms with Gasteiger partial charge in [-0.2, -0.15) is 0 Å². The molecule has 2 rings (SSSR count). The molecule has 0 aliphatic heterocycles. The fraction of sp³-hybridized carbons (Fsp3) is 0.357. The largest absolute Gasteiger partial charge is 0.493 e. The van der Waals surface area contributed by atoms with Gasteiger partial charge in [-0.15, -0.1) is 10.2 Å². The number of aromatic nitrogens is 1. The molecule has 0 amide bonds. The molecule has 0 radical (unpaired) electrons. The molecular weight excluding hydrogens is 288 g/mol. The molecule has 6 nitrogen and oxygen atoms in total. The first-order valence-corrected chi connectivity index (χ1v) is 7.08. The van der Waals surface area contributed by atoms with E-state index < -0.39 is 0 Å². The molecule has 0 spiro atoms. The second-order valence-electron chi connectivity index (χ2n) is 4.36. The van der Waals surface area contributed by atoms with Gasteiger partial charge in [-0.1, -0.05) is 18.2 Å². The Balaban J connectivity index is 2.26. The Bertz CT molecular complexity index is 666. The van der Waals surface area contributed by atoms with Crippen molar-refractivity contribution in [2.45, 2.75) is 13.5 Å². The second kappa shape index (κ2) is 7.14. The lowest BCUT2D eigenvalue weighted by Gasteiger charge is -2.01. The van der Waals surface area contributed by atoms with Crippen LogP contribution in [-0.2, 0) is 11.3 Å². The minimum atomic E-state index is 0.0992. The molecule has 0 saturated heterocycles. The van der Waals surface area contributed by atoms with E-state index in [1.54, 1.807) is 11.7 Å². The lowest BCUT2D eigenvalue weighted by Crippen LogP contribution is -2.23. The number of nitrogens with one attached hydrogen (secondary N) is 1. The molecule has 0 saturated carbocycles. The molecule has 0 atom stereocenters. The van der Waals surface area contributed by atoms with Gasteiger partial charge in [0.05, 0.1) is 12.1 Å². The van der Waals surface area contributed by atoms with Gasteiger partial charge in [0, 0.05) is 25.6 Å². The molecule has 0 unspecified atom stereocenters. The Morgan fingerprint density at radius 1 is 1.43 bits per heavy atom. The summed E-state index contributed by atoms with van der Waals surface area (Å²) in [5.74, 6) is 0.0992. The maximum absolute atomic E-state index is 10.3. The minimum absolute atomic E-state index is 0.0992. The smallest absolute Gasteiger partial charge is 0.220 e. The maximum atomic E-state index is 10.3. The van der Waals surface area contributed by atoms with E-state index in [2.05, 4.69) is 15.5 Å². The second-order valence-corrected chi connectivity index (χ2v) is 4.75. The number of azo groups is 1. The van der Waals surface area contributed by atoms with Crippen LogP contribution in [0.15, 0.2) is 34.5 Å². The van der Waals surface area contributed by atoms with Crippen molar-refractivity contribution in [2.75, 3.05) is 20.3 Å². The summed E-state index contributed by atoms with van der Waals surface area (Å²) in [5.41, 5.74) is 1.35. The van der Waals surface area contributed by atoms with Crippen molar-refractivity contribution in [3.63, 3.8) is 0 Å². The lowest BCUT2D eigenvalue weighted by molar-refractivity contribution is 0.204. The summed E-state index contributed by atoms with van der Waals surface area (Å²) in [5, 5.41) is 22.3. The molecule has 2 aromatic rings. The number of benzene rings is 1. The van der Waals surface area contributed by atoms with Crippen LogP contribution >= 0.6 is 12.2 Å². The van der Waals surface area contributed by atoms with Crippen LogP contribution in [0.5, 0.6) is 5.88 Å². The van der Waals surface area contributed by atoms with Gasteiger partial charge >= 0.3 is 0 Å². The fourth-order valence-corrected chi connectivity index (χ4v) is 2.22. The third kappa shape index (κ3) is 3.37. The van der Waals surface area contributed by atoms with E-state index in [-0.39, 0.29) is 11.0 Å². The molecule has 21 heavy (non-hydrogen) atoms. The van der Waals surface area contributed by atoms with E-state index in [4.69, 9.17) is 17.0 Å². The summed E-state index contributed by atoms with van der Waals surface area (Å²) < 4.78 is 6.69. The van der Waals surface area contributed by atoms with Crippen molar-refractivity contribution in [2.24, 2.45) is 10.2 Å². The molecule has 1 heterocycles. The van der Waals surface area contributed by atoms with Gasteiger partial charge in [-0.05, 0) is 25.2 Å². The number of hydrogen-bond donors (Lipinski definition) is 2. The molecule has 1 aromatic carbocycles. The summed E-state index contributed by atoms with van der Waals surface area (Å²) in [4.78, 5) is 0. The van der Waals surface area contributed by atoms with Gasteiger partial charge in [0.15, 0.2) is 5.69 Å². The van der Waals surface area contributed by atoms with Crippen LogP contribution < -0.4 is 5.32 Å². The first-order valence-electron chi connectivity index (χ1n) is 6.67. The average Bonchev–Trinajstić information content (AvgIpc) is 2.76. The zero-order valence-corrected chi connectivity index (χ0v) is 12.9. The van der Waals surface area contributed by atoms with E-state index in [0.29, 0.717) is 25.4 Å². The van der Waals surface area contributed by atoms with Crippen molar-refractivity contribution >= 4 is 33.9 Å². The number of ether oxygens (including phenoxy) is 1. The zero-order chi connectivity index (χ0) is 15.2. The highest BCUT2D eigenvalue weighted by molar-refractivity contribution is 7.80. The van der Waals surface area contributed by atoms with Crippen LogP contribution in [0.3, 0.4) is 0 Å². The SMILES string of the molecule is CCn1c(O)c(N=NC(=S)NCCOC)c2ccccc21. The normalized spacial score (nSPS) is 11.3. The van der Waals surface area contributed by atoms with Gasteiger partial charge in [0.1, 0.15) is 0 Å². The number of nitrogens with zero attached hydrogens (tertiary/aromatic N) is 3. The highest BCUT2D eigenvalue weighted by Gasteiger charge is 2.14. The van der Waals surface area contributed by atoms with E-state index >= 15 is 0 Å². The topological polar surface area (TPSA) is 71.1 Å². The van der Waals surface area contributed by atoms with E-state index in [1.807, 2.05) is 31.2 Å². The first-order chi connectivity index (χ1) is 10.2. The Morgan fingerprint density at radius 3 is 2.90 bits per heavy atom. The van der Waals surface area contributed by atoms with Crippen molar-refractivity contribution < 1.29 is 9.84 Å². The number of rotatable bonds is 5. The van der Waals surface area contributed by atoms with Gasteiger partial charge in [0.25, 0.3) is 0 Å².